The second-order valence-electron chi connectivity index (χ2n) is 7.36. The summed E-state index contributed by atoms with van der Waals surface area (Å²) in [4.78, 5) is 29.3. The number of hydrogen-bond donors (Lipinski definition) is 3. The summed E-state index contributed by atoms with van der Waals surface area (Å²) >= 11 is 1.51. The third-order valence-corrected chi connectivity index (χ3v) is 5.94. The van der Waals surface area contributed by atoms with Crippen molar-refractivity contribution in [1.82, 2.24) is 14.8 Å². The number of carbonyl (C=O) groups excluding carboxylic acids is 1. The first-order chi connectivity index (χ1) is 15.4. The lowest BCUT2D eigenvalue weighted by atomic mass is 9.94. The molecular weight excluding hydrogens is 426 g/mol. The molecule has 164 valence electrons. The first-order valence-electron chi connectivity index (χ1n) is 10.2. The van der Waals surface area contributed by atoms with E-state index in [4.69, 9.17) is 0 Å². The van der Waals surface area contributed by atoms with Gasteiger partial charge in [0.2, 0.25) is 11.1 Å². The molecule has 0 saturated heterocycles. The van der Waals surface area contributed by atoms with Crippen LogP contribution in [0.2, 0.25) is 0 Å². The number of rotatable bonds is 6. The zero-order valence-electron chi connectivity index (χ0n) is 17.9. The fraction of sp³-hybridized carbons (Fsp3) is 0.217. The SMILES string of the molecule is CCSc1nc2n(n1)[C@H](c1ccc(C(=O)O)cc1)C(C(=O)Nc1ccccc1C)=C(C)N2. The van der Waals surface area contributed by atoms with Crippen LogP contribution in [0, 0.1) is 6.92 Å². The molecule has 0 unspecified atom stereocenters. The van der Waals surface area contributed by atoms with Crippen LogP contribution in [-0.4, -0.2) is 37.5 Å². The minimum atomic E-state index is -1.01. The van der Waals surface area contributed by atoms with Crippen molar-refractivity contribution in [1.29, 1.82) is 0 Å². The van der Waals surface area contributed by atoms with Crippen molar-refractivity contribution in [2.45, 2.75) is 32.0 Å². The van der Waals surface area contributed by atoms with Crippen molar-refractivity contribution in [3.8, 4) is 0 Å². The highest BCUT2D eigenvalue weighted by molar-refractivity contribution is 7.99. The monoisotopic (exact) mass is 449 g/mol. The van der Waals surface area contributed by atoms with E-state index in [1.807, 2.05) is 45.0 Å². The van der Waals surface area contributed by atoms with E-state index < -0.39 is 12.0 Å². The fourth-order valence-electron chi connectivity index (χ4n) is 3.63. The Labute approximate surface area is 189 Å². The highest BCUT2D eigenvalue weighted by Gasteiger charge is 2.34. The first-order valence-corrected chi connectivity index (χ1v) is 11.1. The lowest BCUT2D eigenvalue weighted by molar-refractivity contribution is -0.113. The van der Waals surface area contributed by atoms with Crippen LogP contribution in [0.1, 0.15) is 41.4 Å². The van der Waals surface area contributed by atoms with E-state index in [-0.39, 0.29) is 11.5 Å². The van der Waals surface area contributed by atoms with Gasteiger partial charge in [0.1, 0.15) is 6.04 Å². The number of fused-ring (bicyclic) bond motifs is 1. The van der Waals surface area contributed by atoms with Gasteiger partial charge in [-0.05, 0) is 48.9 Å². The number of benzene rings is 2. The van der Waals surface area contributed by atoms with Crippen molar-refractivity contribution in [2.24, 2.45) is 0 Å². The maximum Gasteiger partial charge on any atom is 0.335 e. The number of carboxylic acids is 1. The van der Waals surface area contributed by atoms with Crippen LogP contribution < -0.4 is 10.6 Å². The molecule has 1 amide bonds. The average molecular weight is 450 g/mol. The predicted molar refractivity (Wildman–Crippen MR) is 124 cm³/mol. The van der Waals surface area contributed by atoms with Gasteiger partial charge >= 0.3 is 5.97 Å². The number of thioether (sulfide) groups is 1. The van der Waals surface area contributed by atoms with Crippen molar-refractivity contribution in [3.05, 3.63) is 76.5 Å². The number of para-hydroxylation sites is 1. The van der Waals surface area contributed by atoms with Crippen LogP contribution in [0.5, 0.6) is 0 Å². The molecule has 0 saturated carbocycles. The Hall–Kier alpha value is -3.59. The molecule has 0 aliphatic carbocycles. The highest BCUT2D eigenvalue weighted by Crippen LogP contribution is 2.37. The quantitative estimate of drug-likeness (QED) is 0.481. The Morgan fingerprint density at radius 2 is 1.88 bits per heavy atom. The smallest absolute Gasteiger partial charge is 0.335 e. The highest BCUT2D eigenvalue weighted by atomic mass is 32.2. The van der Waals surface area contributed by atoms with Gasteiger partial charge in [-0.25, -0.2) is 9.48 Å². The summed E-state index contributed by atoms with van der Waals surface area (Å²) in [5, 5.41) is 20.7. The van der Waals surface area contributed by atoms with E-state index in [2.05, 4.69) is 20.7 Å². The molecule has 0 bridgehead atoms. The number of aromatic carboxylic acids is 1. The number of aryl methyl sites for hydroxylation is 1. The molecule has 32 heavy (non-hydrogen) atoms. The number of aromatic nitrogens is 3. The van der Waals surface area contributed by atoms with Crippen molar-refractivity contribution in [3.63, 3.8) is 0 Å². The second-order valence-corrected chi connectivity index (χ2v) is 8.59. The largest absolute Gasteiger partial charge is 0.478 e. The Morgan fingerprint density at radius 3 is 2.53 bits per heavy atom. The van der Waals surface area contributed by atoms with E-state index in [1.165, 1.54) is 23.9 Å². The summed E-state index contributed by atoms with van der Waals surface area (Å²) in [5.74, 6) is 0.0870. The zero-order chi connectivity index (χ0) is 22.8. The molecule has 4 rings (SSSR count). The summed E-state index contributed by atoms with van der Waals surface area (Å²) < 4.78 is 1.69. The fourth-order valence-corrected chi connectivity index (χ4v) is 4.19. The molecule has 0 spiro atoms. The Morgan fingerprint density at radius 1 is 1.16 bits per heavy atom. The van der Waals surface area contributed by atoms with Crippen LogP contribution in [0.25, 0.3) is 0 Å². The maximum atomic E-state index is 13.5. The maximum absolute atomic E-state index is 13.5. The molecule has 1 aliphatic rings. The molecule has 2 aromatic carbocycles. The van der Waals surface area contributed by atoms with Crippen LogP contribution in [0.15, 0.2) is 65.0 Å². The van der Waals surface area contributed by atoms with Crippen LogP contribution in [0.4, 0.5) is 11.6 Å². The number of anilines is 2. The third kappa shape index (κ3) is 4.11. The Balaban J connectivity index is 1.79. The molecule has 9 heteroatoms. The molecule has 1 atom stereocenters. The third-order valence-electron chi connectivity index (χ3n) is 5.22. The van der Waals surface area contributed by atoms with Crippen molar-refractivity contribution in [2.75, 3.05) is 16.4 Å². The summed E-state index contributed by atoms with van der Waals surface area (Å²) in [5.41, 5.74) is 3.75. The summed E-state index contributed by atoms with van der Waals surface area (Å²) in [6.45, 7) is 5.78. The van der Waals surface area contributed by atoms with Gasteiger partial charge in [0.15, 0.2) is 0 Å². The van der Waals surface area contributed by atoms with E-state index in [0.29, 0.717) is 22.4 Å². The Bertz CT molecular complexity index is 1220. The minimum Gasteiger partial charge on any atom is -0.478 e. The molecule has 1 aromatic heterocycles. The molecule has 0 fully saturated rings. The average Bonchev–Trinajstić information content (AvgIpc) is 3.16. The van der Waals surface area contributed by atoms with E-state index in [9.17, 15) is 14.7 Å². The molecule has 3 N–H and O–H groups in total. The topological polar surface area (TPSA) is 109 Å². The summed E-state index contributed by atoms with van der Waals surface area (Å²) in [6.07, 6.45) is 0. The van der Waals surface area contributed by atoms with Gasteiger partial charge in [0.25, 0.3) is 5.91 Å². The molecule has 2 heterocycles. The number of carbonyl (C=O) groups is 2. The number of nitrogens with one attached hydrogen (secondary N) is 2. The second kappa shape index (κ2) is 8.88. The van der Waals surface area contributed by atoms with Crippen molar-refractivity contribution < 1.29 is 14.7 Å². The van der Waals surface area contributed by atoms with Gasteiger partial charge in [-0.1, -0.05) is 49.0 Å². The first kappa shape index (κ1) is 21.6. The molecule has 0 radical (unpaired) electrons. The normalized spacial score (nSPS) is 15.2. The van der Waals surface area contributed by atoms with Crippen molar-refractivity contribution >= 4 is 35.3 Å². The predicted octanol–water partition coefficient (Wildman–Crippen LogP) is 4.32. The lowest BCUT2D eigenvalue weighted by Gasteiger charge is -2.29. The van der Waals surface area contributed by atoms with Crippen LogP contribution in [0.3, 0.4) is 0 Å². The lowest BCUT2D eigenvalue weighted by Crippen LogP contribution is -2.31. The van der Waals surface area contributed by atoms with Gasteiger partial charge in [-0.15, -0.1) is 5.10 Å². The summed E-state index contributed by atoms with van der Waals surface area (Å²) in [6, 6.07) is 13.5. The standard InChI is InChI=1S/C23H23N5O3S/c1-4-32-23-26-22-24-14(3)18(20(29)25-17-8-6-5-7-13(17)2)19(28(22)27-23)15-9-11-16(12-10-15)21(30)31/h5-12,19H,4H2,1-3H3,(H,25,29)(H,30,31)(H,24,26,27)/t19-/m1/s1. The van der Waals surface area contributed by atoms with Crippen LogP contribution in [-0.2, 0) is 4.79 Å². The number of nitrogens with zero attached hydrogens (tertiary/aromatic N) is 3. The van der Waals surface area contributed by atoms with Gasteiger partial charge < -0.3 is 15.7 Å². The number of allylic oxidation sites excluding steroid dienone is 1. The molecule has 3 aromatic rings. The van der Waals surface area contributed by atoms with Crippen LogP contribution >= 0.6 is 11.8 Å². The number of hydrogen-bond acceptors (Lipinski definition) is 6. The molecular formula is C23H23N5O3S. The number of carboxylic acid groups (broad SMARTS) is 1. The number of amides is 1. The Kier molecular flexibility index (Phi) is 6.00. The van der Waals surface area contributed by atoms with E-state index in [0.717, 1.165) is 22.6 Å². The molecule has 8 nitrogen and oxygen atoms in total. The zero-order valence-corrected chi connectivity index (χ0v) is 18.7. The van der Waals surface area contributed by atoms with Gasteiger partial charge in [-0.2, -0.15) is 4.98 Å². The minimum absolute atomic E-state index is 0.176. The molecule has 1 aliphatic heterocycles. The van der Waals surface area contributed by atoms with Gasteiger partial charge in [0.05, 0.1) is 11.1 Å². The van der Waals surface area contributed by atoms with Gasteiger partial charge in [-0.3, -0.25) is 4.79 Å². The van der Waals surface area contributed by atoms with Gasteiger partial charge in [0, 0.05) is 11.4 Å². The van der Waals surface area contributed by atoms with E-state index in [1.54, 1.807) is 16.8 Å². The summed E-state index contributed by atoms with van der Waals surface area (Å²) in [7, 11) is 0. The van der Waals surface area contributed by atoms with E-state index >= 15 is 0 Å².